The number of rotatable bonds is 6. The number of esters is 1. The third-order valence-electron chi connectivity index (χ3n) is 1.89. The molecule has 0 amide bonds. The molecule has 0 aromatic carbocycles. The van der Waals surface area contributed by atoms with Crippen molar-refractivity contribution in [2.24, 2.45) is 0 Å². The monoisotopic (exact) mass is 184 g/mol. The second-order valence-corrected chi connectivity index (χ2v) is 3.31. The molecule has 0 heterocycles. The highest BCUT2D eigenvalue weighted by molar-refractivity contribution is 5.65. The lowest BCUT2D eigenvalue weighted by atomic mass is 10.1. The molecule has 0 saturated carbocycles. The Balaban J connectivity index is 3.45. The van der Waals surface area contributed by atoms with Gasteiger partial charge in [-0.1, -0.05) is 25.3 Å². The number of ether oxygens (including phenoxy) is 1. The summed E-state index contributed by atoms with van der Waals surface area (Å²) >= 11 is 0. The van der Waals surface area contributed by atoms with Crippen LogP contribution < -0.4 is 0 Å². The van der Waals surface area contributed by atoms with Crippen molar-refractivity contribution in [3.8, 4) is 0 Å². The van der Waals surface area contributed by atoms with Crippen molar-refractivity contribution >= 4 is 5.97 Å². The molecule has 0 aliphatic heterocycles. The van der Waals surface area contributed by atoms with Crippen LogP contribution in [0.15, 0.2) is 11.6 Å². The van der Waals surface area contributed by atoms with Gasteiger partial charge < -0.3 is 4.74 Å². The second kappa shape index (κ2) is 7.84. The zero-order chi connectivity index (χ0) is 10.1. The lowest BCUT2D eigenvalue weighted by Crippen LogP contribution is -1.98. The molecule has 0 spiro atoms. The van der Waals surface area contributed by atoms with Gasteiger partial charge in [-0.3, -0.25) is 4.79 Å². The Hall–Kier alpha value is -0.790. The lowest BCUT2D eigenvalue weighted by Gasteiger charge is -2.01. The first kappa shape index (κ1) is 12.2. The fourth-order valence-electron chi connectivity index (χ4n) is 1.06. The van der Waals surface area contributed by atoms with E-state index in [0.29, 0.717) is 6.61 Å². The summed E-state index contributed by atoms with van der Waals surface area (Å²) in [6.07, 6.45) is 6.86. The van der Waals surface area contributed by atoms with Gasteiger partial charge >= 0.3 is 5.97 Å². The maximum atomic E-state index is 10.4. The highest BCUT2D eigenvalue weighted by Crippen LogP contribution is 2.07. The van der Waals surface area contributed by atoms with Crippen molar-refractivity contribution in [2.45, 2.75) is 46.5 Å². The summed E-state index contributed by atoms with van der Waals surface area (Å²) in [5.74, 6) is -0.211. The first-order chi connectivity index (χ1) is 6.16. The summed E-state index contributed by atoms with van der Waals surface area (Å²) in [6.45, 7) is 6.13. The van der Waals surface area contributed by atoms with Crippen LogP contribution >= 0.6 is 0 Å². The fourth-order valence-corrected chi connectivity index (χ4v) is 1.06. The molecule has 0 aliphatic rings. The zero-order valence-corrected chi connectivity index (χ0v) is 8.93. The van der Waals surface area contributed by atoms with Crippen LogP contribution in [0.1, 0.15) is 46.5 Å². The minimum absolute atomic E-state index is 0.211. The van der Waals surface area contributed by atoms with E-state index in [0.717, 1.165) is 6.42 Å². The first-order valence-corrected chi connectivity index (χ1v) is 4.95. The average Bonchev–Trinajstić information content (AvgIpc) is 2.04. The second-order valence-electron chi connectivity index (χ2n) is 3.31. The summed E-state index contributed by atoms with van der Waals surface area (Å²) < 4.78 is 4.80. The van der Waals surface area contributed by atoms with E-state index >= 15 is 0 Å². The average molecular weight is 184 g/mol. The molecule has 0 radical (unpaired) electrons. The molecule has 0 aromatic heterocycles. The van der Waals surface area contributed by atoms with Gasteiger partial charge in [-0.05, 0) is 25.8 Å². The molecule has 2 nitrogen and oxygen atoms in total. The molecule has 76 valence electrons. The molecule has 0 rings (SSSR count). The van der Waals surface area contributed by atoms with Crippen LogP contribution in [0.25, 0.3) is 0 Å². The zero-order valence-electron chi connectivity index (χ0n) is 8.93. The van der Waals surface area contributed by atoms with E-state index in [-0.39, 0.29) is 5.97 Å². The Morgan fingerprint density at radius 2 is 2.00 bits per heavy atom. The topological polar surface area (TPSA) is 26.3 Å². The molecule has 13 heavy (non-hydrogen) atoms. The molecule has 0 saturated heterocycles. The van der Waals surface area contributed by atoms with Crippen LogP contribution in [-0.4, -0.2) is 12.6 Å². The van der Waals surface area contributed by atoms with Crippen LogP contribution in [0.3, 0.4) is 0 Å². The Morgan fingerprint density at radius 3 is 2.54 bits per heavy atom. The van der Waals surface area contributed by atoms with E-state index in [2.05, 4.69) is 13.8 Å². The van der Waals surface area contributed by atoms with Crippen molar-refractivity contribution < 1.29 is 9.53 Å². The van der Waals surface area contributed by atoms with E-state index in [4.69, 9.17) is 4.74 Å². The molecule has 0 aliphatic carbocycles. The van der Waals surface area contributed by atoms with Gasteiger partial charge in [0.25, 0.3) is 0 Å². The maximum Gasteiger partial charge on any atom is 0.302 e. The van der Waals surface area contributed by atoms with Gasteiger partial charge in [-0.2, -0.15) is 0 Å². The van der Waals surface area contributed by atoms with Gasteiger partial charge in [-0.15, -0.1) is 0 Å². The molecule has 0 aromatic rings. The van der Waals surface area contributed by atoms with Crippen LogP contribution in [0.4, 0.5) is 0 Å². The number of hydrogen-bond acceptors (Lipinski definition) is 2. The molecule has 0 atom stereocenters. The Morgan fingerprint density at radius 1 is 1.31 bits per heavy atom. The third-order valence-corrected chi connectivity index (χ3v) is 1.89. The smallest absolute Gasteiger partial charge is 0.302 e. The van der Waals surface area contributed by atoms with Crippen molar-refractivity contribution in [1.82, 2.24) is 0 Å². The van der Waals surface area contributed by atoms with Crippen molar-refractivity contribution in [3.05, 3.63) is 11.6 Å². The number of unbranched alkanes of at least 4 members (excludes halogenated alkanes) is 2. The normalized spacial score (nSPS) is 11.5. The van der Waals surface area contributed by atoms with Gasteiger partial charge in [0, 0.05) is 6.92 Å². The Labute approximate surface area is 81.0 Å². The molecular formula is C11H20O2. The standard InChI is InChI=1S/C11H20O2/c1-4-5-6-7-10(2)8-9-13-11(3)12/h8H,4-7,9H2,1-3H3/b10-8+. The summed E-state index contributed by atoms with van der Waals surface area (Å²) in [6, 6.07) is 0. The summed E-state index contributed by atoms with van der Waals surface area (Å²) in [4.78, 5) is 10.4. The minimum atomic E-state index is -0.211. The largest absolute Gasteiger partial charge is 0.462 e. The number of carbonyl (C=O) groups is 1. The predicted octanol–water partition coefficient (Wildman–Crippen LogP) is 3.08. The molecule has 0 N–H and O–H groups in total. The molecule has 2 heteroatoms. The third kappa shape index (κ3) is 9.12. The first-order valence-electron chi connectivity index (χ1n) is 4.95. The number of hydrogen-bond donors (Lipinski definition) is 0. The van der Waals surface area contributed by atoms with Gasteiger partial charge in [-0.25, -0.2) is 0 Å². The van der Waals surface area contributed by atoms with Crippen LogP contribution in [0.5, 0.6) is 0 Å². The van der Waals surface area contributed by atoms with Crippen molar-refractivity contribution in [1.29, 1.82) is 0 Å². The van der Waals surface area contributed by atoms with E-state index in [1.54, 1.807) is 0 Å². The predicted molar refractivity (Wildman–Crippen MR) is 54.5 cm³/mol. The maximum absolute atomic E-state index is 10.4. The Bertz CT molecular complexity index is 171. The molecule has 0 unspecified atom stereocenters. The quantitative estimate of drug-likeness (QED) is 0.360. The van der Waals surface area contributed by atoms with E-state index in [1.165, 1.54) is 31.8 Å². The van der Waals surface area contributed by atoms with Gasteiger partial charge in [0.1, 0.15) is 6.61 Å². The summed E-state index contributed by atoms with van der Waals surface area (Å²) in [5.41, 5.74) is 1.31. The van der Waals surface area contributed by atoms with Gasteiger partial charge in [0.15, 0.2) is 0 Å². The van der Waals surface area contributed by atoms with E-state index in [9.17, 15) is 4.79 Å². The SMILES string of the molecule is CCCCC/C(C)=C/COC(C)=O. The molecule has 0 fully saturated rings. The highest BCUT2D eigenvalue weighted by atomic mass is 16.5. The molecular weight excluding hydrogens is 164 g/mol. The number of allylic oxidation sites excluding steroid dienone is 1. The van der Waals surface area contributed by atoms with Gasteiger partial charge in [0.05, 0.1) is 0 Å². The summed E-state index contributed by atoms with van der Waals surface area (Å²) in [7, 11) is 0. The van der Waals surface area contributed by atoms with Crippen LogP contribution in [0, 0.1) is 0 Å². The van der Waals surface area contributed by atoms with E-state index in [1.807, 2.05) is 6.08 Å². The van der Waals surface area contributed by atoms with Gasteiger partial charge in [0.2, 0.25) is 0 Å². The van der Waals surface area contributed by atoms with E-state index < -0.39 is 0 Å². The minimum Gasteiger partial charge on any atom is -0.462 e. The van der Waals surface area contributed by atoms with Crippen molar-refractivity contribution in [3.63, 3.8) is 0 Å². The fraction of sp³-hybridized carbons (Fsp3) is 0.727. The Kier molecular flexibility index (Phi) is 7.36. The number of carbonyl (C=O) groups excluding carboxylic acids is 1. The van der Waals surface area contributed by atoms with Crippen LogP contribution in [0.2, 0.25) is 0 Å². The lowest BCUT2D eigenvalue weighted by molar-refractivity contribution is -0.139. The molecule has 0 bridgehead atoms. The van der Waals surface area contributed by atoms with Crippen molar-refractivity contribution in [2.75, 3.05) is 6.61 Å². The van der Waals surface area contributed by atoms with Crippen LogP contribution in [-0.2, 0) is 9.53 Å². The highest BCUT2D eigenvalue weighted by Gasteiger charge is 1.92. The summed E-state index contributed by atoms with van der Waals surface area (Å²) in [5, 5.41) is 0.